The summed E-state index contributed by atoms with van der Waals surface area (Å²) in [5.74, 6) is 0.807. The van der Waals surface area contributed by atoms with Gasteiger partial charge in [0.1, 0.15) is 11.3 Å². The molecule has 2 bridgehead atoms. The van der Waals surface area contributed by atoms with E-state index in [1.807, 2.05) is 0 Å². The predicted molar refractivity (Wildman–Crippen MR) is 140 cm³/mol. The van der Waals surface area contributed by atoms with Gasteiger partial charge in [-0.05, 0) is 81.8 Å². The molecule has 5 fully saturated rings. The summed E-state index contributed by atoms with van der Waals surface area (Å²) in [7, 11) is 0. The number of carbonyl (C=O) groups is 1. The molecule has 0 unspecified atom stereocenters. The van der Waals surface area contributed by atoms with E-state index >= 15 is 0 Å². The minimum atomic E-state index is -1.13. The van der Waals surface area contributed by atoms with Crippen molar-refractivity contribution < 1.29 is 23.6 Å². The number of rotatable bonds is 7. The van der Waals surface area contributed by atoms with E-state index in [0.717, 1.165) is 36.3 Å². The third kappa shape index (κ3) is 3.87. The second-order valence-electron chi connectivity index (χ2n) is 12.5. The number of hydrogen-bond acceptors (Lipinski definition) is 7. The van der Waals surface area contributed by atoms with Gasteiger partial charge in [-0.25, -0.2) is 14.2 Å². The first-order valence-electron chi connectivity index (χ1n) is 14.2. The molecule has 1 aliphatic heterocycles. The van der Waals surface area contributed by atoms with Gasteiger partial charge in [-0.1, -0.05) is 16.5 Å². The number of nitrogens with zero attached hydrogens (tertiary/aromatic N) is 3. The molecule has 200 valence electrons. The highest BCUT2D eigenvalue weighted by molar-refractivity contribution is 7.22. The molecule has 1 spiro atoms. The molecule has 3 atom stereocenters. The first-order valence-corrected chi connectivity index (χ1v) is 15.0. The molecule has 1 saturated heterocycles. The van der Waals surface area contributed by atoms with Gasteiger partial charge in [0, 0.05) is 35.9 Å². The van der Waals surface area contributed by atoms with E-state index in [1.54, 1.807) is 0 Å². The van der Waals surface area contributed by atoms with Crippen molar-refractivity contribution >= 4 is 32.7 Å². The van der Waals surface area contributed by atoms with Crippen molar-refractivity contribution in [2.24, 2.45) is 11.3 Å². The Bertz CT molecular complexity index is 1420. The van der Waals surface area contributed by atoms with Crippen LogP contribution in [0.4, 0.5) is 9.52 Å². The van der Waals surface area contributed by atoms with Gasteiger partial charge in [-0.15, -0.1) is 0 Å². The minimum Gasteiger partial charge on any atom is -0.478 e. The van der Waals surface area contributed by atoms with Gasteiger partial charge in [0.05, 0.1) is 28.7 Å². The summed E-state index contributed by atoms with van der Waals surface area (Å²) in [4.78, 5) is 18.2. The molecule has 3 aromatic rings. The van der Waals surface area contributed by atoms with Crippen molar-refractivity contribution in [1.82, 2.24) is 10.1 Å². The Morgan fingerprint density at radius 1 is 1.16 bits per heavy atom. The fourth-order valence-electron chi connectivity index (χ4n) is 7.41. The second kappa shape index (κ2) is 8.49. The molecule has 0 amide bonds. The summed E-state index contributed by atoms with van der Waals surface area (Å²) >= 11 is 1.38. The number of fused-ring (bicyclic) bond motifs is 3. The summed E-state index contributed by atoms with van der Waals surface area (Å²) in [5.41, 5.74) is 3.29. The van der Waals surface area contributed by atoms with Crippen LogP contribution in [0.3, 0.4) is 0 Å². The zero-order valence-corrected chi connectivity index (χ0v) is 22.1. The maximum atomic E-state index is 14.5. The molecule has 1 aromatic carbocycles. The first kappa shape index (κ1) is 23.4. The van der Waals surface area contributed by atoms with Gasteiger partial charge in [0.25, 0.3) is 0 Å². The largest absolute Gasteiger partial charge is 0.478 e. The number of ether oxygens (including phenoxy) is 1. The van der Waals surface area contributed by atoms with Crippen molar-refractivity contribution in [2.45, 2.75) is 94.8 Å². The second-order valence-corrected chi connectivity index (χ2v) is 13.5. The number of carboxylic acid groups (broad SMARTS) is 1. The van der Waals surface area contributed by atoms with Crippen molar-refractivity contribution in [3.8, 4) is 0 Å². The topological polar surface area (TPSA) is 88.7 Å². The Kier molecular flexibility index (Phi) is 5.22. The molecule has 4 saturated carbocycles. The van der Waals surface area contributed by atoms with Crippen LogP contribution in [0.25, 0.3) is 10.2 Å². The van der Waals surface area contributed by atoms with Crippen LogP contribution in [0.1, 0.15) is 103 Å². The van der Waals surface area contributed by atoms with E-state index in [9.17, 15) is 14.3 Å². The molecule has 4 aliphatic carbocycles. The lowest BCUT2D eigenvalue weighted by atomic mass is 9.77. The van der Waals surface area contributed by atoms with Crippen molar-refractivity contribution in [3.63, 3.8) is 0 Å². The van der Waals surface area contributed by atoms with Crippen molar-refractivity contribution in [2.75, 3.05) is 11.4 Å². The van der Waals surface area contributed by atoms with E-state index in [2.05, 4.69) is 15.0 Å². The maximum Gasteiger partial charge on any atom is 0.335 e. The van der Waals surface area contributed by atoms with Gasteiger partial charge in [0.15, 0.2) is 10.9 Å². The third-order valence-electron chi connectivity index (χ3n) is 10.0. The highest BCUT2D eigenvalue weighted by Gasteiger charge is 2.48. The molecule has 2 aromatic heterocycles. The Hall–Kier alpha value is -2.52. The van der Waals surface area contributed by atoms with Crippen LogP contribution < -0.4 is 4.90 Å². The summed E-state index contributed by atoms with van der Waals surface area (Å²) in [6.07, 6.45) is 12.5. The Morgan fingerprint density at radius 3 is 2.66 bits per heavy atom. The standard InChI is InChI=1S/C29H32FN3O4S/c30-21-10-17(27(34)35)11-23-25(21)31-28(38-23)33-13-18-9-19(33)12-22(18)36-14-20-24(32-37-26(20)16-1-2-16)15-3-5-29(6-4-15)7-8-29/h10-11,15-16,18-19,22H,1-9,12-14H2,(H,34,35)/t18-,19-,22+/m0/s1. The van der Waals surface area contributed by atoms with E-state index in [1.165, 1.54) is 80.0 Å². The number of anilines is 1. The van der Waals surface area contributed by atoms with Gasteiger partial charge in [0.2, 0.25) is 0 Å². The minimum absolute atomic E-state index is 0.0412. The highest BCUT2D eigenvalue weighted by atomic mass is 32.1. The number of carboxylic acids is 1. The van der Waals surface area contributed by atoms with Gasteiger partial charge < -0.3 is 19.3 Å². The lowest BCUT2D eigenvalue weighted by Crippen LogP contribution is -2.38. The fraction of sp³-hybridized carbons (Fsp3) is 0.621. The predicted octanol–water partition coefficient (Wildman–Crippen LogP) is 6.62. The first-order chi connectivity index (χ1) is 18.5. The molecule has 9 heteroatoms. The summed E-state index contributed by atoms with van der Waals surface area (Å²) in [5, 5.41) is 14.7. The Morgan fingerprint density at radius 2 is 1.97 bits per heavy atom. The smallest absolute Gasteiger partial charge is 0.335 e. The number of benzene rings is 1. The van der Waals surface area contributed by atoms with E-state index in [-0.39, 0.29) is 17.2 Å². The van der Waals surface area contributed by atoms with E-state index < -0.39 is 11.8 Å². The average molecular weight is 538 g/mol. The number of aromatic carboxylic acids is 1. The number of aromatic nitrogens is 2. The third-order valence-corrected chi connectivity index (χ3v) is 11.1. The van der Waals surface area contributed by atoms with E-state index in [4.69, 9.17) is 9.26 Å². The fourth-order valence-corrected chi connectivity index (χ4v) is 8.51. The summed E-state index contributed by atoms with van der Waals surface area (Å²) in [6.45, 7) is 1.42. The van der Waals surface area contributed by atoms with Crippen LogP contribution in [0.5, 0.6) is 0 Å². The van der Waals surface area contributed by atoms with Crippen LogP contribution in [0.15, 0.2) is 16.7 Å². The molecule has 5 aliphatic rings. The van der Waals surface area contributed by atoms with Gasteiger partial charge >= 0.3 is 5.97 Å². The number of piperidine rings is 1. The molecule has 38 heavy (non-hydrogen) atoms. The molecular formula is C29H32FN3O4S. The lowest BCUT2D eigenvalue weighted by molar-refractivity contribution is 0.0116. The van der Waals surface area contributed by atoms with Gasteiger partial charge in [-0.2, -0.15) is 0 Å². The van der Waals surface area contributed by atoms with Crippen molar-refractivity contribution in [3.05, 3.63) is 40.5 Å². The van der Waals surface area contributed by atoms with Gasteiger partial charge in [-0.3, -0.25) is 0 Å². The molecule has 8 rings (SSSR count). The lowest BCUT2D eigenvalue weighted by Gasteiger charge is -2.31. The SMILES string of the molecule is O=C(O)c1cc(F)c2nc(N3C[C@@H]4C[C@H]3C[C@H]4OCc3c(C4CCC5(CC4)CC5)noc3C3CC3)sc2c1. The Labute approximate surface area is 224 Å². The molecular weight excluding hydrogens is 505 g/mol. The normalized spacial score (nSPS) is 28.1. The van der Waals surface area contributed by atoms with Crippen LogP contribution >= 0.6 is 11.3 Å². The van der Waals surface area contributed by atoms with E-state index in [0.29, 0.717) is 40.5 Å². The molecule has 0 radical (unpaired) electrons. The number of hydrogen-bond donors (Lipinski definition) is 1. The zero-order chi connectivity index (χ0) is 25.6. The monoisotopic (exact) mass is 537 g/mol. The summed E-state index contributed by atoms with van der Waals surface area (Å²) < 4.78 is 27.7. The van der Waals surface area contributed by atoms with Crippen LogP contribution in [0.2, 0.25) is 0 Å². The van der Waals surface area contributed by atoms with Crippen LogP contribution in [-0.2, 0) is 11.3 Å². The highest BCUT2D eigenvalue weighted by Crippen LogP contribution is 2.59. The Balaban J connectivity index is 0.960. The molecule has 1 N–H and O–H groups in total. The van der Waals surface area contributed by atoms with Crippen LogP contribution in [0, 0.1) is 17.2 Å². The summed E-state index contributed by atoms with van der Waals surface area (Å²) in [6, 6.07) is 2.89. The number of halogens is 1. The molecule has 3 heterocycles. The molecule has 7 nitrogen and oxygen atoms in total. The maximum absolute atomic E-state index is 14.5. The van der Waals surface area contributed by atoms with Crippen molar-refractivity contribution in [1.29, 1.82) is 0 Å². The quantitative estimate of drug-likeness (QED) is 0.362. The van der Waals surface area contributed by atoms with Crippen LogP contribution in [-0.4, -0.2) is 39.9 Å². The average Bonchev–Trinajstić information content (AvgIpc) is 3.66. The number of thiazole rings is 1. The zero-order valence-electron chi connectivity index (χ0n) is 21.3.